The van der Waals surface area contributed by atoms with Gasteiger partial charge >= 0.3 is 0 Å². The number of thiocarbonyl (C=S) groups is 1. The molecule has 88 valence electrons. The van der Waals surface area contributed by atoms with Crippen molar-refractivity contribution >= 4 is 38.9 Å². The van der Waals surface area contributed by atoms with Gasteiger partial charge in [-0.3, -0.25) is 0 Å². The van der Waals surface area contributed by atoms with Crippen molar-refractivity contribution in [3.05, 3.63) is 22.7 Å². The molecule has 16 heavy (non-hydrogen) atoms. The van der Waals surface area contributed by atoms with E-state index in [-0.39, 0.29) is 0 Å². The van der Waals surface area contributed by atoms with Crippen LogP contribution in [0.2, 0.25) is 0 Å². The Morgan fingerprint density at radius 2 is 2.12 bits per heavy atom. The smallest absolute Gasteiger partial charge is 0.170 e. The Bertz CT molecular complexity index is 382. The van der Waals surface area contributed by atoms with Crippen LogP contribution in [-0.2, 0) is 0 Å². The first-order chi connectivity index (χ1) is 7.52. The van der Waals surface area contributed by atoms with E-state index in [4.69, 9.17) is 17.0 Å². The van der Waals surface area contributed by atoms with Crippen LogP contribution in [0.25, 0.3) is 0 Å². The summed E-state index contributed by atoms with van der Waals surface area (Å²) in [6.45, 7) is 4.08. The fourth-order valence-corrected chi connectivity index (χ4v) is 2.07. The maximum absolute atomic E-state index is 5.15. The van der Waals surface area contributed by atoms with Crippen LogP contribution >= 0.6 is 28.1 Å². The summed E-state index contributed by atoms with van der Waals surface area (Å²) in [5.41, 5.74) is 0.922. The molecule has 0 heterocycles. The summed E-state index contributed by atoms with van der Waals surface area (Å²) in [5, 5.41) is 6.83. The van der Waals surface area contributed by atoms with Crippen molar-refractivity contribution in [3.8, 4) is 5.75 Å². The monoisotopic (exact) mass is 302 g/mol. The van der Waals surface area contributed by atoms with Crippen molar-refractivity contribution < 1.29 is 4.74 Å². The number of ether oxygens (including phenoxy) is 1. The standard InChI is InChI=1S/C11H15BrN2OS/c1-7(2)13-11(16)14-8-4-5-10(15-3)9(12)6-8/h4-7H,1-3H3,(H2,13,14,16). The van der Waals surface area contributed by atoms with E-state index in [0.717, 1.165) is 15.9 Å². The minimum Gasteiger partial charge on any atom is -0.496 e. The van der Waals surface area contributed by atoms with Gasteiger partial charge in [0.25, 0.3) is 0 Å². The van der Waals surface area contributed by atoms with Crippen molar-refractivity contribution in [1.82, 2.24) is 5.32 Å². The molecule has 0 spiro atoms. The first kappa shape index (κ1) is 13.3. The van der Waals surface area contributed by atoms with Gasteiger partial charge in [-0.15, -0.1) is 0 Å². The van der Waals surface area contributed by atoms with Crippen LogP contribution in [0.3, 0.4) is 0 Å². The first-order valence-electron chi connectivity index (χ1n) is 4.94. The highest BCUT2D eigenvalue weighted by Gasteiger charge is 2.03. The van der Waals surface area contributed by atoms with Gasteiger partial charge in [0, 0.05) is 11.7 Å². The first-order valence-corrected chi connectivity index (χ1v) is 6.14. The van der Waals surface area contributed by atoms with E-state index < -0.39 is 0 Å². The third-order valence-electron chi connectivity index (χ3n) is 1.83. The van der Waals surface area contributed by atoms with Gasteiger partial charge < -0.3 is 15.4 Å². The average molecular weight is 303 g/mol. The van der Waals surface area contributed by atoms with Crippen molar-refractivity contribution in [1.29, 1.82) is 0 Å². The highest BCUT2D eigenvalue weighted by Crippen LogP contribution is 2.27. The molecule has 0 radical (unpaired) electrons. The highest BCUT2D eigenvalue weighted by molar-refractivity contribution is 9.10. The number of nitrogens with one attached hydrogen (secondary N) is 2. The Balaban J connectivity index is 2.68. The zero-order valence-corrected chi connectivity index (χ0v) is 11.9. The Morgan fingerprint density at radius 1 is 1.44 bits per heavy atom. The van der Waals surface area contributed by atoms with Gasteiger partial charge in [-0.05, 0) is 60.2 Å². The summed E-state index contributed by atoms with van der Waals surface area (Å²) >= 11 is 8.57. The number of halogens is 1. The van der Waals surface area contributed by atoms with E-state index in [1.54, 1.807) is 7.11 Å². The van der Waals surface area contributed by atoms with Crippen molar-refractivity contribution in [2.75, 3.05) is 12.4 Å². The van der Waals surface area contributed by atoms with Crippen LogP contribution < -0.4 is 15.4 Å². The summed E-state index contributed by atoms with van der Waals surface area (Å²) in [6, 6.07) is 6.04. The summed E-state index contributed by atoms with van der Waals surface area (Å²) in [5.74, 6) is 0.799. The van der Waals surface area contributed by atoms with Gasteiger partial charge in [0.05, 0.1) is 11.6 Å². The molecule has 0 saturated heterocycles. The topological polar surface area (TPSA) is 33.3 Å². The third-order valence-corrected chi connectivity index (χ3v) is 2.67. The lowest BCUT2D eigenvalue weighted by molar-refractivity contribution is 0.412. The minimum absolute atomic E-state index is 0.321. The lowest BCUT2D eigenvalue weighted by Crippen LogP contribution is -2.33. The predicted molar refractivity (Wildman–Crippen MR) is 75.2 cm³/mol. The van der Waals surface area contributed by atoms with E-state index in [9.17, 15) is 0 Å². The maximum Gasteiger partial charge on any atom is 0.170 e. The molecule has 5 heteroatoms. The molecule has 1 rings (SSSR count). The number of anilines is 1. The Kier molecular flexibility index (Phi) is 5.02. The van der Waals surface area contributed by atoms with Gasteiger partial charge in [0.1, 0.15) is 5.75 Å². The molecule has 0 aromatic heterocycles. The maximum atomic E-state index is 5.15. The van der Waals surface area contributed by atoms with E-state index in [2.05, 4.69) is 26.6 Å². The minimum atomic E-state index is 0.321. The lowest BCUT2D eigenvalue weighted by Gasteiger charge is -2.13. The summed E-state index contributed by atoms with van der Waals surface area (Å²) in [7, 11) is 1.64. The second-order valence-electron chi connectivity index (χ2n) is 3.60. The largest absolute Gasteiger partial charge is 0.496 e. The fraction of sp³-hybridized carbons (Fsp3) is 0.364. The van der Waals surface area contributed by atoms with Crippen molar-refractivity contribution in [3.63, 3.8) is 0 Å². The number of hydrogen-bond donors (Lipinski definition) is 2. The molecule has 0 bridgehead atoms. The van der Waals surface area contributed by atoms with Crippen LogP contribution in [0.4, 0.5) is 5.69 Å². The third kappa shape index (κ3) is 3.98. The fourth-order valence-electron chi connectivity index (χ4n) is 1.17. The Labute approximate surface area is 110 Å². The average Bonchev–Trinajstić information content (AvgIpc) is 2.16. The van der Waals surface area contributed by atoms with Gasteiger partial charge in [-0.1, -0.05) is 0 Å². The second-order valence-corrected chi connectivity index (χ2v) is 4.87. The van der Waals surface area contributed by atoms with Gasteiger partial charge in [-0.2, -0.15) is 0 Å². The molecule has 0 atom stereocenters. The molecular formula is C11H15BrN2OS. The Morgan fingerprint density at radius 3 is 2.62 bits per heavy atom. The SMILES string of the molecule is COc1ccc(NC(=S)NC(C)C)cc1Br. The van der Waals surface area contributed by atoms with Crippen molar-refractivity contribution in [2.45, 2.75) is 19.9 Å². The molecule has 0 amide bonds. The Hall–Kier alpha value is -0.810. The van der Waals surface area contributed by atoms with Crippen molar-refractivity contribution in [2.24, 2.45) is 0 Å². The summed E-state index contributed by atoms with van der Waals surface area (Å²) in [4.78, 5) is 0. The quantitative estimate of drug-likeness (QED) is 0.841. The summed E-state index contributed by atoms with van der Waals surface area (Å²) < 4.78 is 6.04. The molecular weight excluding hydrogens is 288 g/mol. The zero-order chi connectivity index (χ0) is 12.1. The summed E-state index contributed by atoms with van der Waals surface area (Å²) in [6.07, 6.45) is 0. The number of benzene rings is 1. The van der Waals surface area contributed by atoms with E-state index in [1.165, 1.54) is 0 Å². The van der Waals surface area contributed by atoms with Gasteiger partial charge in [-0.25, -0.2) is 0 Å². The van der Waals surface area contributed by atoms with E-state index in [1.807, 2.05) is 32.0 Å². The lowest BCUT2D eigenvalue weighted by atomic mass is 10.3. The van der Waals surface area contributed by atoms with Crippen LogP contribution in [-0.4, -0.2) is 18.3 Å². The molecule has 0 aliphatic carbocycles. The molecule has 1 aromatic rings. The number of hydrogen-bond acceptors (Lipinski definition) is 2. The van der Waals surface area contributed by atoms with Gasteiger partial charge in [0.15, 0.2) is 5.11 Å². The molecule has 0 fully saturated rings. The molecule has 0 unspecified atom stereocenters. The normalized spacial score (nSPS) is 10.1. The van der Waals surface area contributed by atoms with Crippen LogP contribution in [0.1, 0.15) is 13.8 Å². The van der Waals surface area contributed by atoms with E-state index in [0.29, 0.717) is 11.2 Å². The number of methoxy groups -OCH3 is 1. The number of rotatable bonds is 3. The van der Waals surface area contributed by atoms with Crippen LogP contribution in [0.15, 0.2) is 22.7 Å². The predicted octanol–water partition coefficient (Wildman–Crippen LogP) is 3.15. The molecule has 0 aliphatic heterocycles. The molecule has 3 nitrogen and oxygen atoms in total. The zero-order valence-electron chi connectivity index (χ0n) is 9.50. The molecule has 0 saturated carbocycles. The van der Waals surface area contributed by atoms with Crippen LogP contribution in [0.5, 0.6) is 5.75 Å². The molecule has 2 N–H and O–H groups in total. The molecule has 0 aliphatic rings. The van der Waals surface area contributed by atoms with E-state index >= 15 is 0 Å². The second kappa shape index (κ2) is 6.06. The highest BCUT2D eigenvalue weighted by atomic mass is 79.9. The molecule has 1 aromatic carbocycles. The van der Waals surface area contributed by atoms with Gasteiger partial charge in [0.2, 0.25) is 0 Å². The van der Waals surface area contributed by atoms with Crippen LogP contribution in [0, 0.1) is 0 Å².